The summed E-state index contributed by atoms with van der Waals surface area (Å²) in [6, 6.07) is 0.305. The second-order valence-corrected chi connectivity index (χ2v) is 3.20. The number of nitrogens with one attached hydrogen (secondary N) is 2. The first-order valence-electron chi connectivity index (χ1n) is 4.15. The fourth-order valence-corrected chi connectivity index (χ4v) is 1.27. The molecule has 0 radical (unpaired) electrons. The van der Waals surface area contributed by atoms with Gasteiger partial charge in [0.15, 0.2) is 11.1 Å². The van der Waals surface area contributed by atoms with Gasteiger partial charge in [-0.1, -0.05) is 0 Å². The van der Waals surface area contributed by atoms with Gasteiger partial charge in [-0.2, -0.15) is 0 Å². The lowest BCUT2D eigenvalue weighted by Gasteiger charge is -2.09. The van der Waals surface area contributed by atoms with Gasteiger partial charge >= 0.3 is 0 Å². The number of H-pyrrole nitrogens is 1. The maximum absolute atomic E-state index is 7.52. The van der Waals surface area contributed by atoms with Crippen LogP contribution in [0, 0.1) is 5.41 Å². The predicted octanol–water partition coefficient (Wildman–Crippen LogP) is 0.820. The number of imidazole rings is 1. The Hall–Kier alpha value is -1.65. The first-order valence-corrected chi connectivity index (χ1v) is 4.15. The van der Waals surface area contributed by atoms with E-state index < -0.39 is 0 Å². The molecule has 5 heteroatoms. The molecule has 0 spiro atoms. The number of aromatic nitrogens is 4. The number of aromatic amines is 1. The van der Waals surface area contributed by atoms with Crippen LogP contribution in [0.4, 0.5) is 0 Å². The minimum Gasteiger partial charge on any atom is -0.340 e. The van der Waals surface area contributed by atoms with Crippen molar-refractivity contribution < 1.29 is 0 Å². The summed E-state index contributed by atoms with van der Waals surface area (Å²) in [7, 11) is 0. The average molecular weight is 177 g/mol. The Morgan fingerprint density at radius 3 is 2.92 bits per heavy atom. The Kier molecular flexibility index (Phi) is 1.65. The summed E-state index contributed by atoms with van der Waals surface area (Å²) in [5.74, 6) is 0. The Bertz CT molecular complexity index is 478. The molecule has 68 valence electrons. The first-order chi connectivity index (χ1) is 6.20. The zero-order chi connectivity index (χ0) is 9.42. The summed E-state index contributed by atoms with van der Waals surface area (Å²) in [5, 5.41) is 7.52. The van der Waals surface area contributed by atoms with Gasteiger partial charge in [0.25, 0.3) is 0 Å². The molecule has 2 heterocycles. The molecule has 13 heavy (non-hydrogen) atoms. The van der Waals surface area contributed by atoms with Crippen LogP contribution in [0.2, 0.25) is 0 Å². The lowest BCUT2D eigenvalue weighted by Crippen LogP contribution is -2.13. The summed E-state index contributed by atoms with van der Waals surface area (Å²) >= 11 is 0. The highest BCUT2D eigenvalue weighted by Gasteiger charge is 2.05. The van der Waals surface area contributed by atoms with Crippen molar-refractivity contribution in [3.05, 3.63) is 18.1 Å². The Morgan fingerprint density at radius 1 is 1.46 bits per heavy atom. The van der Waals surface area contributed by atoms with Crippen molar-refractivity contribution in [1.29, 1.82) is 5.41 Å². The van der Waals surface area contributed by atoms with Crippen LogP contribution in [-0.4, -0.2) is 19.5 Å². The van der Waals surface area contributed by atoms with E-state index in [0.29, 0.717) is 11.6 Å². The molecular weight excluding hydrogens is 166 g/mol. The first kappa shape index (κ1) is 7.97. The van der Waals surface area contributed by atoms with Crippen LogP contribution in [0.5, 0.6) is 0 Å². The molecule has 0 atom stereocenters. The van der Waals surface area contributed by atoms with Crippen molar-refractivity contribution >= 4 is 11.2 Å². The molecule has 0 fully saturated rings. The quantitative estimate of drug-likeness (QED) is 0.677. The summed E-state index contributed by atoms with van der Waals surface area (Å²) in [6.07, 6.45) is 3.24. The van der Waals surface area contributed by atoms with Crippen LogP contribution in [0.25, 0.3) is 11.2 Å². The van der Waals surface area contributed by atoms with Gasteiger partial charge in [-0.3, -0.25) is 5.41 Å². The van der Waals surface area contributed by atoms with Crippen LogP contribution in [-0.2, 0) is 0 Å². The normalized spacial score (nSPS) is 11.3. The van der Waals surface area contributed by atoms with Gasteiger partial charge in [-0.05, 0) is 13.8 Å². The van der Waals surface area contributed by atoms with Crippen molar-refractivity contribution in [2.24, 2.45) is 0 Å². The van der Waals surface area contributed by atoms with Crippen molar-refractivity contribution in [3.63, 3.8) is 0 Å². The number of rotatable bonds is 1. The number of hydrogen-bond acceptors (Lipinski definition) is 3. The Balaban J connectivity index is 2.86. The third kappa shape index (κ3) is 1.12. The molecule has 0 aliphatic heterocycles. The van der Waals surface area contributed by atoms with Gasteiger partial charge in [0.2, 0.25) is 0 Å². The summed E-state index contributed by atoms with van der Waals surface area (Å²) in [6.45, 7) is 4.11. The fourth-order valence-electron chi connectivity index (χ4n) is 1.27. The number of fused-ring (bicyclic) bond motifs is 1. The van der Waals surface area contributed by atoms with Crippen LogP contribution in [0.1, 0.15) is 19.9 Å². The number of hydrogen-bond donors (Lipinski definition) is 2. The lowest BCUT2D eigenvalue weighted by atomic mass is 10.4. The molecule has 2 aromatic heterocycles. The van der Waals surface area contributed by atoms with Crippen molar-refractivity contribution in [2.75, 3.05) is 0 Å². The molecular formula is C8H11N5. The third-order valence-corrected chi connectivity index (χ3v) is 1.97. The highest BCUT2D eigenvalue weighted by Crippen LogP contribution is 2.09. The molecule has 0 aliphatic rings. The molecule has 0 aliphatic carbocycles. The highest BCUT2D eigenvalue weighted by molar-refractivity contribution is 5.68. The van der Waals surface area contributed by atoms with Crippen molar-refractivity contribution in [1.82, 2.24) is 19.5 Å². The molecule has 0 bridgehead atoms. The van der Waals surface area contributed by atoms with E-state index in [1.165, 1.54) is 0 Å². The Morgan fingerprint density at radius 2 is 2.23 bits per heavy atom. The Labute approximate surface area is 75.0 Å². The molecule has 0 amide bonds. The third-order valence-electron chi connectivity index (χ3n) is 1.97. The zero-order valence-corrected chi connectivity index (χ0v) is 7.57. The minimum absolute atomic E-state index is 0.240. The van der Waals surface area contributed by atoms with E-state index in [9.17, 15) is 0 Å². The van der Waals surface area contributed by atoms with E-state index in [1.807, 2.05) is 4.57 Å². The van der Waals surface area contributed by atoms with E-state index in [1.54, 1.807) is 12.7 Å². The smallest absolute Gasteiger partial charge is 0.173 e. The van der Waals surface area contributed by atoms with Gasteiger partial charge in [0.05, 0.1) is 12.7 Å². The standard InChI is InChI=1S/C8H11N5/c1-5(2)13-4-12-7(9)6-8(13)11-3-10-6/h3-5,9H,1-2H3,(H,10,11). The number of nitrogens with zero attached hydrogens (tertiary/aromatic N) is 3. The molecule has 0 saturated heterocycles. The van der Waals surface area contributed by atoms with E-state index in [0.717, 1.165) is 5.65 Å². The summed E-state index contributed by atoms with van der Waals surface area (Å²) in [5.41, 5.74) is 1.72. The molecule has 2 N–H and O–H groups in total. The minimum atomic E-state index is 0.240. The summed E-state index contributed by atoms with van der Waals surface area (Å²) < 4.78 is 1.93. The zero-order valence-electron chi connectivity index (χ0n) is 7.57. The summed E-state index contributed by atoms with van der Waals surface area (Å²) in [4.78, 5) is 11.0. The second kappa shape index (κ2) is 2.69. The van der Waals surface area contributed by atoms with Gasteiger partial charge < -0.3 is 9.55 Å². The second-order valence-electron chi connectivity index (χ2n) is 3.20. The maximum atomic E-state index is 7.52. The van der Waals surface area contributed by atoms with Crippen LogP contribution in [0.3, 0.4) is 0 Å². The maximum Gasteiger partial charge on any atom is 0.173 e. The lowest BCUT2D eigenvalue weighted by molar-refractivity contribution is 0.601. The predicted molar refractivity (Wildman–Crippen MR) is 48.1 cm³/mol. The highest BCUT2D eigenvalue weighted by atomic mass is 15.1. The van der Waals surface area contributed by atoms with Crippen LogP contribution >= 0.6 is 0 Å². The van der Waals surface area contributed by atoms with E-state index >= 15 is 0 Å². The van der Waals surface area contributed by atoms with Gasteiger partial charge in [0, 0.05) is 6.04 Å². The molecule has 0 unspecified atom stereocenters. The SMILES string of the molecule is CC(C)n1cnc(=N)c2[nH]cnc21. The largest absolute Gasteiger partial charge is 0.340 e. The van der Waals surface area contributed by atoms with E-state index in [2.05, 4.69) is 28.8 Å². The fraction of sp³-hybridized carbons (Fsp3) is 0.375. The monoisotopic (exact) mass is 177 g/mol. The van der Waals surface area contributed by atoms with Crippen LogP contribution in [0.15, 0.2) is 12.7 Å². The van der Waals surface area contributed by atoms with Gasteiger partial charge in [-0.15, -0.1) is 0 Å². The van der Waals surface area contributed by atoms with Crippen LogP contribution < -0.4 is 5.49 Å². The average Bonchev–Trinajstić information content (AvgIpc) is 2.53. The molecule has 2 rings (SSSR count). The van der Waals surface area contributed by atoms with Crippen molar-refractivity contribution in [2.45, 2.75) is 19.9 Å². The molecule has 2 aromatic rings. The van der Waals surface area contributed by atoms with Crippen molar-refractivity contribution in [3.8, 4) is 0 Å². The van der Waals surface area contributed by atoms with Gasteiger partial charge in [-0.25, -0.2) is 9.97 Å². The van der Waals surface area contributed by atoms with Gasteiger partial charge in [0.1, 0.15) is 5.52 Å². The van der Waals surface area contributed by atoms with E-state index in [4.69, 9.17) is 5.41 Å². The molecule has 0 saturated carbocycles. The van der Waals surface area contributed by atoms with E-state index in [-0.39, 0.29) is 5.49 Å². The topological polar surface area (TPSA) is 70.3 Å². The molecule has 0 aromatic carbocycles. The molecule has 5 nitrogen and oxygen atoms in total.